The van der Waals surface area contributed by atoms with E-state index in [0.29, 0.717) is 12.7 Å². The van der Waals surface area contributed by atoms with Gasteiger partial charge in [-0.1, -0.05) is 13.3 Å². The number of alkyl halides is 1. The zero-order valence-corrected chi connectivity index (χ0v) is 8.93. The quantitative estimate of drug-likeness (QED) is 0.735. The van der Waals surface area contributed by atoms with Crippen LogP contribution in [-0.4, -0.2) is 6.79 Å². The van der Waals surface area contributed by atoms with Crippen LogP contribution in [0, 0.1) is 0 Å². The Balaban J connectivity index is 2.38. The molecule has 2 rings (SSSR count). The smallest absolute Gasteiger partial charge is 0.231 e. The molecule has 0 aromatic heterocycles. The molecule has 76 valence electrons. The lowest BCUT2D eigenvalue weighted by Gasteiger charge is -2.07. The Labute approximate surface area is 88.8 Å². The number of aryl methyl sites for hydroxylation is 1. The Hall–Kier alpha value is -0.890. The van der Waals surface area contributed by atoms with Crippen molar-refractivity contribution in [1.82, 2.24) is 0 Å². The SMILES string of the molecule is CCC[14c]1[14cH][14c]2[14c]([14cH][14c]1CCl)OCO2. The molecule has 14 heavy (non-hydrogen) atoms. The van der Waals surface area contributed by atoms with E-state index in [1.807, 2.05) is 12.1 Å². The second-order valence-corrected chi connectivity index (χ2v) is 3.63. The Kier molecular flexibility index (Phi) is 2.82. The molecule has 0 radical (unpaired) electrons. The summed E-state index contributed by atoms with van der Waals surface area (Å²) >= 11 is 5.87. The number of benzene rings is 1. The van der Waals surface area contributed by atoms with Crippen molar-refractivity contribution in [3.63, 3.8) is 0 Å². The molecule has 1 aliphatic rings. The standard InChI is InChI=1S/C11H13ClO2/c1-2-3-8-4-10-11(14-7-13-10)5-9(8)6-12/h4-5H,2-3,6-7H2,1H3/i4+2,5+2,8+2,9+2,10+2,11+2. The van der Waals surface area contributed by atoms with E-state index in [1.54, 1.807) is 0 Å². The van der Waals surface area contributed by atoms with Crippen molar-refractivity contribution in [3.05, 3.63) is 23.3 Å². The molecule has 1 aromatic rings. The van der Waals surface area contributed by atoms with Crippen LogP contribution >= 0.6 is 11.6 Å². The normalized spacial score (nSPS) is 13.3. The highest BCUT2D eigenvalue weighted by Gasteiger charge is 2.16. The number of fused-ring (bicyclic) bond motifs is 1. The third-order valence-electron chi connectivity index (χ3n) is 2.36. The third kappa shape index (κ3) is 1.67. The van der Waals surface area contributed by atoms with E-state index in [2.05, 4.69) is 6.92 Å². The second-order valence-electron chi connectivity index (χ2n) is 3.36. The third-order valence-corrected chi connectivity index (χ3v) is 2.65. The molecule has 0 atom stereocenters. The zero-order chi connectivity index (χ0) is 9.97. The lowest BCUT2D eigenvalue weighted by atomic mass is 10.5. The van der Waals surface area contributed by atoms with Crippen molar-refractivity contribution in [3.8, 4) is 11.5 Å². The molecule has 0 bridgehead atoms. The van der Waals surface area contributed by atoms with Gasteiger partial charge in [-0.3, -0.25) is 0 Å². The lowest BCUT2D eigenvalue weighted by Crippen LogP contribution is -1.92. The van der Waals surface area contributed by atoms with Gasteiger partial charge in [-0.05, 0) is 29.7 Å². The average Bonchev–Trinajstić information content (AvgIpc) is 2.64. The van der Waals surface area contributed by atoms with E-state index in [-0.39, 0.29) is 0 Å². The van der Waals surface area contributed by atoms with Gasteiger partial charge in [-0.15, -0.1) is 11.6 Å². The minimum Gasteiger partial charge on any atom is -0.454 e. The average molecular weight is 225 g/mol. The second kappa shape index (κ2) is 4.09. The summed E-state index contributed by atoms with van der Waals surface area (Å²) < 4.78 is 10.6. The number of ether oxygens (including phenoxy) is 2. The van der Waals surface area contributed by atoms with Crippen LogP contribution < -0.4 is 9.47 Å². The largest absolute Gasteiger partial charge is 0.454 e. The van der Waals surface area contributed by atoms with Gasteiger partial charge in [0.1, 0.15) is 0 Å². The van der Waals surface area contributed by atoms with Crippen LogP contribution in [0.4, 0.5) is 0 Å². The molecule has 1 aliphatic heterocycles. The Morgan fingerprint density at radius 1 is 1.21 bits per heavy atom. The van der Waals surface area contributed by atoms with Gasteiger partial charge in [0, 0.05) is 5.88 Å². The molecule has 0 saturated carbocycles. The van der Waals surface area contributed by atoms with Crippen LogP contribution in [0.5, 0.6) is 11.5 Å². The molecule has 0 aliphatic carbocycles. The molecule has 0 unspecified atom stereocenters. The molecule has 1 heterocycles. The van der Waals surface area contributed by atoms with Gasteiger partial charge in [0.15, 0.2) is 11.5 Å². The summed E-state index contributed by atoms with van der Waals surface area (Å²) in [7, 11) is 0. The fraction of sp³-hybridized carbons (Fsp3) is 0.455. The van der Waals surface area contributed by atoms with Gasteiger partial charge in [-0.25, -0.2) is 0 Å². The summed E-state index contributed by atoms with van der Waals surface area (Å²) in [6, 6.07) is 4.03. The van der Waals surface area contributed by atoms with Gasteiger partial charge in [0.2, 0.25) is 6.79 Å². The fourth-order valence-corrected chi connectivity index (χ4v) is 1.90. The maximum atomic E-state index is 5.87. The molecule has 1 aromatic carbocycles. The minimum atomic E-state index is 0.326. The van der Waals surface area contributed by atoms with E-state index in [0.717, 1.165) is 29.9 Å². The predicted octanol–water partition coefficient (Wildman–Crippen LogP) is 3.11. The maximum absolute atomic E-state index is 5.87. The molecular weight excluding hydrogens is 212 g/mol. The van der Waals surface area contributed by atoms with Crippen molar-refractivity contribution < 1.29 is 9.47 Å². The first kappa shape index (κ1) is 9.66. The van der Waals surface area contributed by atoms with Gasteiger partial charge in [0.25, 0.3) is 0 Å². The molecule has 3 heteroatoms. The van der Waals surface area contributed by atoms with E-state index in [4.69, 9.17) is 21.1 Å². The van der Waals surface area contributed by atoms with E-state index < -0.39 is 0 Å². The summed E-state index contributed by atoms with van der Waals surface area (Å²) in [5.74, 6) is 2.20. The van der Waals surface area contributed by atoms with E-state index in [1.165, 1.54) is 5.56 Å². The Morgan fingerprint density at radius 3 is 2.43 bits per heavy atom. The summed E-state index contributed by atoms with van der Waals surface area (Å²) in [6.07, 6.45) is 2.15. The van der Waals surface area contributed by atoms with Crippen LogP contribution in [0.3, 0.4) is 0 Å². The Bertz CT molecular complexity index is 336. The predicted molar refractivity (Wildman–Crippen MR) is 56.1 cm³/mol. The van der Waals surface area contributed by atoms with Crippen LogP contribution in [-0.2, 0) is 12.3 Å². The fourth-order valence-electron chi connectivity index (χ4n) is 1.65. The maximum Gasteiger partial charge on any atom is 0.231 e. The van der Waals surface area contributed by atoms with Crippen LogP contribution in [0.25, 0.3) is 0 Å². The topological polar surface area (TPSA) is 18.5 Å². The van der Waals surface area contributed by atoms with Crippen LogP contribution in [0.2, 0.25) is 0 Å². The number of halogens is 1. The first-order valence-corrected chi connectivity index (χ1v) is 5.36. The molecular formula is C11H13ClO2. The van der Waals surface area contributed by atoms with Crippen molar-refractivity contribution in [1.29, 1.82) is 0 Å². The highest BCUT2D eigenvalue weighted by Crippen LogP contribution is 2.35. The van der Waals surface area contributed by atoms with Gasteiger partial charge >= 0.3 is 0 Å². The van der Waals surface area contributed by atoms with Crippen LogP contribution in [0.1, 0.15) is 24.5 Å². The van der Waals surface area contributed by atoms with Gasteiger partial charge in [0.05, 0.1) is 0 Å². The first-order chi connectivity index (χ1) is 6.85. The minimum absolute atomic E-state index is 0.326. The van der Waals surface area contributed by atoms with Crippen molar-refractivity contribution in [2.24, 2.45) is 0 Å². The zero-order valence-electron chi connectivity index (χ0n) is 8.18. The van der Waals surface area contributed by atoms with Gasteiger partial charge in [-0.2, -0.15) is 0 Å². The highest BCUT2D eigenvalue weighted by atomic mass is 35.5. The van der Waals surface area contributed by atoms with E-state index in [9.17, 15) is 0 Å². The van der Waals surface area contributed by atoms with E-state index >= 15 is 0 Å². The molecule has 0 saturated heterocycles. The molecule has 0 spiro atoms. The molecule has 2 nitrogen and oxygen atoms in total. The summed E-state index contributed by atoms with van der Waals surface area (Å²) in [6.45, 7) is 2.48. The molecule has 0 N–H and O–H groups in total. The van der Waals surface area contributed by atoms with Crippen molar-refractivity contribution in [2.75, 3.05) is 6.79 Å². The van der Waals surface area contributed by atoms with Crippen LogP contribution in [0.15, 0.2) is 12.1 Å². The number of hydrogen-bond donors (Lipinski definition) is 0. The van der Waals surface area contributed by atoms with Crippen molar-refractivity contribution >= 4 is 11.6 Å². The molecule has 0 amide bonds. The van der Waals surface area contributed by atoms with Crippen molar-refractivity contribution in [2.45, 2.75) is 25.6 Å². The summed E-state index contributed by atoms with van der Waals surface area (Å²) in [5, 5.41) is 0. The number of rotatable bonds is 3. The summed E-state index contributed by atoms with van der Waals surface area (Å²) in [4.78, 5) is 0. The number of hydrogen-bond acceptors (Lipinski definition) is 2. The highest BCUT2D eigenvalue weighted by molar-refractivity contribution is 6.17. The lowest BCUT2D eigenvalue weighted by molar-refractivity contribution is 0.174. The first-order valence-electron chi connectivity index (χ1n) is 4.82. The monoisotopic (exact) mass is 224 g/mol. The summed E-state index contributed by atoms with van der Waals surface area (Å²) in [5.41, 5.74) is 2.42. The molecule has 0 fully saturated rings. The van der Waals surface area contributed by atoms with Gasteiger partial charge < -0.3 is 9.47 Å². The Morgan fingerprint density at radius 2 is 1.86 bits per heavy atom.